The van der Waals surface area contributed by atoms with Crippen LogP contribution in [0.15, 0.2) is 0 Å². The highest BCUT2D eigenvalue weighted by Crippen LogP contribution is 2.63. The Bertz CT molecular complexity index is 1230. The van der Waals surface area contributed by atoms with Crippen LogP contribution in [0.4, 0.5) is 0 Å². The molecule has 2 saturated carbocycles. The summed E-state index contributed by atoms with van der Waals surface area (Å²) in [5.74, 6) is -1.22. The summed E-state index contributed by atoms with van der Waals surface area (Å²) in [6.07, 6.45) is 7.04. The van der Waals surface area contributed by atoms with Crippen molar-refractivity contribution in [2.75, 3.05) is 6.61 Å². The van der Waals surface area contributed by atoms with Gasteiger partial charge in [0, 0.05) is 24.7 Å². The number of carboxylic acid groups (broad SMARTS) is 1. The van der Waals surface area contributed by atoms with Crippen LogP contribution in [0.1, 0.15) is 119 Å². The Morgan fingerprint density at radius 1 is 0.680 bits per heavy atom. The summed E-state index contributed by atoms with van der Waals surface area (Å²) >= 11 is 0. The predicted octanol–water partition coefficient (Wildman–Crippen LogP) is 6.29. The van der Waals surface area contributed by atoms with Gasteiger partial charge in [0.15, 0.2) is 23.8 Å². The first-order chi connectivity index (χ1) is 23.8. The molecule has 10 aliphatic rings. The number of carboxylic acids is 1. The van der Waals surface area contributed by atoms with Crippen molar-refractivity contribution in [3.8, 4) is 0 Å². The van der Waals surface area contributed by atoms with Gasteiger partial charge in [-0.2, -0.15) is 0 Å². The molecule has 2 spiro atoms. The highest BCUT2D eigenvalue weighted by molar-refractivity contribution is 5.76. The fraction of sp³-hybridized carbons (Fsp3) is 0.947. The molecule has 0 aromatic rings. The predicted molar refractivity (Wildman–Crippen MR) is 174 cm³/mol. The van der Waals surface area contributed by atoms with Crippen LogP contribution in [-0.2, 0) is 52.8 Å². The van der Waals surface area contributed by atoms with Crippen LogP contribution in [0.5, 0.6) is 0 Å². The Morgan fingerprint density at radius 3 is 1.62 bits per heavy atom. The van der Waals surface area contributed by atoms with Crippen molar-refractivity contribution >= 4 is 11.9 Å². The molecule has 8 aliphatic heterocycles. The molecule has 282 valence electrons. The SMILES string of the molecule is C[C@H]1[C@@H](CC(COC(=O)CCC(=O)O)C[C@H]2O[C@@H]3O[C@@]4(C)CC[C@H]5[C@H](C)CC[C@@H]([C@H]2C)[C@@]35OO4)O[C@@H]2O[C@@]3(C)CC[C@H]4[C@H](C)CC[C@@H]1[C@@]24OO3. The van der Waals surface area contributed by atoms with Gasteiger partial charge in [0.25, 0.3) is 0 Å². The number of carbonyl (C=O) groups excluding carboxylic acids is 1. The number of aliphatic carboxylic acids is 1. The molecule has 1 N–H and O–H groups in total. The number of fused-ring (bicyclic) bond motifs is 4. The molecule has 0 amide bonds. The minimum Gasteiger partial charge on any atom is -0.481 e. The normalized spacial score (nSPS) is 52.6. The van der Waals surface area contributed by atoms with Crippen molar-refractivity contribution < 1.29 is 57.9 Å². The minimum absolute atomic E-state index is 0.116. The largest absolute Gasteiger partial charge is 0.481 e. The molecule has 12 heteroatoms. The molecule has 10 rings (SSSR count). The van der Waals surface area contributed by atoms with E-state index in [9.17, 15) is 9.59 Å². The second kappa shape index (κ2) is 12.9. The van der Waals surface area contributed by atoms with Crippen LogP contribution in [0, 0.1) is 53.3 Å². The third-order valence-electron chi connectivity index (χ3n) is 14.7. The van der Waals surface area contributed by atoms with Crippen LogP contribution in [-0.4, -0.2) is 71.2 Å². The van der Waals surface area contributed by atoms with E-state index in [-0.39, 0.29) is 73.1 Å². The third kappa shape index (κ3) is 5.69. The van der Waals surface area contributed by atoms with Gasteiger partial charge in [-0.1, -0.05) is 27.7 Å². The van der Waals surface area contributed by atoms with E-state index in [0.29, 0.717) is 24.7 Å². The van der Waals surface area contributed by atoms with Gasteiger partial charge in [-0.3, -0.25) is 9.59 Å². The molecule has 10 fully saturated rings. The van der Waals surface area contributed by atoms with E-state index < -0.39 is 47.3 Å². The van der Waals surface area contributed by atoms with Crippen LogP contribution < -0.4 is 0 Å². The van der Waals surface area contributed by atoms with E-state index >= 15 is 0 Å². The van der Waals surface area contributed by atoms with Gasteiger partial charge >= 0.3 is 11.9 Å². The number of hydrogen-bond donors (Lipinski definition) is 1. The first-order valence-corrected chi connectivity index (χ1v) is 19.5. The molecular weight excluding hydrogens is 648 g/mol. The highest BCUT2D eigenvalue weighted by Gasteiger charge is 2.71. The van der Waals surface area contributed by atoms with E-state index in [4.69, 9.17) is 48.3 Å². The maximum absolute atomic E-state index is 12.8. The average molecular weight is 707 g/mol. The van der Waals surface area contributed by atoms with Crippen molar-refractivity contribution in [2.45, 2.75) is 166 Å². The minimum atomic E-state index is -1.02. The second-order valence-corrected chi connectivity index (χ2v) is 17.8. The van der Waals surface area contributed by atoms with Gasteiger partial charge in [0.2, 0.25) is 11.6 Å². The zero-order chi connectivity index (χ0) is 35.2. The van der Waals surface area contributed by atoms with Gasteiger partial charge in [0.05, 0.1) is 31.7 Å². The van der Waals surface area contributed by atoms with Crippen LogP contribution in [0.2, 0.25) is 0 Å². The molecule has 0 unspecified atom stereocenters. The van der Waals surface area contributed by atoms with Gasteiger partial charge in [0.1, 0.15) is 0 Å². The first kappa shape index (κ1) is 35.6. The fourth-order valence-corrected chi connectivity index (χ4v) is 11.9. The summed E-state index contributed by atoms with van der Waals surface area (Å²) in [5.41, 5.74) is -1.30. The molecule has 16 atom stereocenters. The first-order valence-electron chi connectivity index (χ1n) is 19.5. The standard InChI is InChI=1S/C38H58O12/c1-20-7-9-27-22(3)29(43-33-37(27)25(20)13-15-35(5,45-33)47-49-37)17-24(19-42-32(41)12-11-31(39)40)18-30-23(4)28-10-8-21(2)26-14-16-36(6)46-34(44-30)38(26,28)50-48-36/h20-30,33-34H,7-19H2,1-6H3,(H,39,40)/t20-,21-,22-,23-,25+,26+,27+,28+,29-,30-,33-,34-,35-,36-,37-,38-/m1/s1. The Labute approximate surface area is 295 Å². The molecule has 8 heterocycles. The smallest absolute Gasteiger partial charge is 0.306 e. The molecule has 12 nitrogen and oxygen atoms in total. The lowest BCUT2D eigenvalue weighted by Crippen LogP contribution is -2.70. The lowest BCUT2D eigenvalue weighted by molar-refractivity contribution is -0.571. The summed E-state index contributed by atoms with van der Waals surface area (Å²) in [6, 6.07) is 0. The van der Waals surface area contributed by atoms with E-state index in [1.54, 1.807) is 0 Å². The van der Waals surface area contributed by atoms with Gasteiger partial charge in [-0.15, -0.1) is 0 Å². The molecule has 50 heavy (non-hydrogen) atoms. The Balaban J connectivity index is 1.05. The van der Waals surface area contributed by atoms with Crippen molar-refractivity contribution in [3.05, 3.63) is 0 Å². The van der Waals surface area contributed by atoms with Crippen molar-refractivity contribution in [1.29, 1.82) is 0 Å². The summed E-state index contributed by atoms with van der Waals surface area (Å²) in [7, 11) is 0. The van der Waals surface area contributed by atoms with Gasteiger partial charge in [-0.05, 0) is 107 Å². The van der Waals surface area contributed by atoms with Gasteiger partial charge < -0.3 is 28.8 Å². The highest BCUT2D eigenvalue weighted by atomic mass is 17.3. The summed E-state index contributed by atoms with van der Waals surface area (Å²) in [5, 5.41) is 9.16. The van der Waals surface area contributed by atoms with E-state index in [1.807, 2.05) is 13.8 Å². The Morgan fingerprint density at radius 2 is 1.16 bits per heavy atom. The number of carbonyl (C=O) groups is 2. The maximum Gasteiger partial charge on any atom is 0.306 e. The van der Waals surface area contributed by atoms with Crippen LogP contribution in [0.3, 0.4) is 0 Å². The van der Waals surface area contributed by atoms with Crippen molar-refractivity contribution in [3.63, 3.8) is 0 Å². The van der Waals surface area contributed by atoms with Crippen LogP contribution in [0.25, 0.3) is 0 Å². The van der Waals surface area contributed by atoms with Gasteiger partial charge in [-0.25, -0.2) is 19.6 Å². The third-order valence-corrected chi connectivity index (χ3v) is 14.7. The second-order valence-electron chi connectivity index (χ2n) is 17.8. The zero-order valence-electron chi connectivity index (χ0n) is 30.6. The topological polar surface area (TPSA) is 137 Å². The summed E-state index contributed by atoms with van der Waals surface area (Å²) in [6.45, 7) is 13.2. The number of ether oxygens (including phenoxy) is 5. The van der Waals surface area contributed by atoms with Crippen LogP contribution >= 0.6 is 0 Å². The molecule has 8 saturated heterocycles. The number of hydrogen-bond acceptors (Lipinski definition) is 11. The van der Waals surface area contributed by atoms with E-state index in [0.717, 1.165) is 51.4 Å². The van der Waals surface area contributed by atoms with E-state index in [2.05, 4.69) is 27.7 Å². The monoisotopic (exact) mass is 706 g/mol. The Kier molecular flexibility index (Phi) is 9.19. The zero-order valence-corrected chi connectivity index (χ0v) is 30.6. The number of esters is 1. The quantitative estimate of drug-likeness (QED) is 0.213. The molecule has 2 aliphatic carbocycles. The van der Waals surface area contributed by atoms with E-state index in [1.165, 1.54) is 0 Å². The lowest BCUT2D eigenvalue weighted by Gasteiger charge is -2.61. The Hall–Kier alpha value is -1.38. The molecule has 0 radical (unpaired) electrons. The summed E-state index contributed by atoms with van der Waals surface area (Å²) < 4.78 is 33.0. The molecular formula is C38H58O12. The average Bonchev–Trinajstić information content (AvgIpc) is 3.45. The molecule has 0 aromatic heterocycles. The molecule has 0 aromatic carbocycles. The summed E-state index contributed by atoms with van der Waals surface area (Å²) in [4.78, 5) is 48.8. The number of rotatable bonds is 9. The maximum atomic E-state index is 12.8. The van der Waals surface area contributed by atoms with Crippen molar-refractivity contribution in [2.24, 2.45) is 53.3 Å². The fourth-order valence-electron chi connectivity index (χ4n) is 11.9. The molecule has 4 bridgehead atoms. The lowest BCUT2D eigenvalue weighted by atomic mass is 9.56. The van der Waals surface area contributed by atoms with Crippen molar-refractivity contribution in [1.82, 2.24) is 0 Å².